The maximum absolute atomic E-state index is 4.69. The van der Waals surface area contributed by atoms with E-state index in [1.807, 2.05) is 18.2 Å². The van der Waals surface area contributed by atoms with Crippen LogP contribution in [0.4, 0.5) is 11.5 Å². The molecule has 0 atom stereocenters. The lowest BCUT2D eigenvalue weighted by Gasteiger charge is -2.23. The van der Waals surface area contributed by atoms with Crippen molar-refractivity contribution >= 4 is 24.1 Å². The SMILES string of the molecule is Cc1ccc(-c2[nH]nc(N(CCCS)c3ccccc3)c2-n2cncn2)cc1. The van der Waals surface area contributed by atoms with Crippen LogP contribution in [0.1, 0.15) is 12.0 Å². The van der Waals surface area contributed by atoms with Gasteiger partial charge >= 0.3 is 0 Å². The van der Waals surface area contributed by atoms with Crippen LogP contribution in [-0.2, 0) is 0 Å². The van der Waals surface area contributed by atoms with Gasteiger partial charge in [-0.1, -0.05) is 48.0 Å². The summed E-state index contributed by atoms with van der Waals surface area (Å²) in [5, 5.41) is 12.3. The van der Waals surface area contributed by atoms with Crippen molar-refractivity contribution < 1.29 is 0 Å². The lowest BCUT2D eigenvalue weighted by Crippen LogP contribution is -2.21. The number of anilines is 2. The number of H-pyrrole nitrogens is 1. The Morgan fingerprint density at radius 3 is 2.54 bits per heavy atom. The van der Waals surface area contributed by atoms with Gasteiger partial charge in [-0.15, -0.1) is 0 Å². The highest BCUT2D eigenvalue weighted by Crippen LogP contribution is 2.35. The van der Waals surface area contributed by atoms with Gasteiger partial charge in [0.25, 0.3) is 0 Å². The van der Waals surface area contributed by atoms with E-state index in [0.29, 0.717) is 0 Å². The molecule has 0 amide bonds. The van der Waals surface area contributed by atoms with Crippen LogP contribution in [0.25, 0.3) is 16.9 Å². The molecule has 0 radical (unpaired) electrons. The Balaban J connectivity index is 1.87. The summed E-state index contributed by atoms with van der Waals surface area (Å²) in [4.78, 5) is 6.34. The van der Waals surface area contributed by atoms with Gasteiger partial charge in [-0.05, 0) is 31.2 Å². The number of aromatic amines is 1. The topological polar surface area (TPSA) is 62.6 Å². The van der Waals surface area contributed by atoms with Gasteiger partial charge in [-0.25, -0.2) is 9.67 Å². The zero-order valence-electron chi connectivity index (χ0n) is 15.7. The first kappa shape index (κ1) is 18.3. The fourth-order valence-corrected chi connectivity index (χ4v) is 3.31. The highest BCUT2D eigenvalue weighted by atomic mass is 32.1. The maximum atomic E-state index is 4.69. The first-order valence-electron chi connectivity index (χ1n) is 9.22. The minimum atomic E-state index is 0.799. The van der Waals surface area contributed by atoms with E-state index in [4.69, 9.17) is 0 Å². The average Bonchev–Trinajstić information content (AvgIpc) is 3.39. The first-order valence-corrected chi connectivity index (χ1v) is 9.85. The second-order valence-corrected chi connectivity index (χ2v) is 6.99. The number of nitrogens with zero attached hydrogens (tertiary/aromatic N) is 5. The molecule has 0 unspecified atom stereocenters. The lowest BCUT2D eigenvalue weighted by atomic mass is 10.1. The number of hydrogen-bond acceptors (Lipinski definition) is 5. The van der Waals surface area contributed by atoms with Crippen molar-refractivity contribution in [1.82, 2.24) is 25.0 Å². The minimum absolute atomic E-state index is 0.799. The Hall–Kier alpha value is -3.06. The van der Waals surface area contributed by atoms with Gasteiger partial charge in [0.05, 0.1) is 5.69 Å². The Bertz CT molecular complexity index is 1010. The van der Waals surface area contributed by atoms with E-state index in [9.17, 15) is 0 Å². The van der Waals surface area contributed by atoms with Gasteiger partial charge in [0.1, 0.15) is 18.3 Å². The number of para-hydroxylation sites is 1. The molecular weight excluding hydrogens is 368 g/mol. The summed E-state index contributed by atoms with van der Waals surface area (Å²) in [7, 11) is 0. The number of benzene rings is 2. The highest BCUT2D eigenvalue weighted by molar-refractivity contribution is 7.80. The van der Waals surface area contributed by atoms with E-state index in [2.05, 4.69) is 81.1 Å². The molecule has 1 N–H and O–H groups in total. The summed E-state index contributed by atoms with van der Waals surface area (Å²) < 4.78 is 1.77. The van der Waals surface area contributed by atoms with Gasteiger partial charge in [-0.3, -0.25) is 5.10 Å². The molecule has 4 aromatic rings. The third kappa shape index (κ3) is 3.66. The molecule has 7 heteroatoms. The monoisotopic (exact) mass is 390 g/mol. The van der Waals surface area contributed by atoms with Crippen molar-refractivity contribution in [2.45, 2.75) is 13.3 Å². The number of nitrogens with one attached hydrogen (secondary N) is 1. The standard InChI is InChI=1S/C21H22N6S/c1-16-8-10-17(11-9-16)19-20(27-15-22-14-23-27)21(25-24-19)26(12-5-13-28)18-6-3-2-4-7-18/h2-4,6-11,14-15,28H,5,12-13H2,1H3,(H,24,25). The van der Waals surface area contributed by atoms with Crippen molar-refractivity contribution in [3.05, 3.63) is 72.8 Å². The summed E-state index contributed by atoms with van der Waals surface area (Å²) in [6.45, 7) is 2.88. The van der Waals surface area contributed by atoms with Crippen LogP contribution in [0.2, 0.25) is 0 Å². The van der Waals surface area contributed by atoms with E-state index < -0.39 is 0 Å². The van der Waals surface area contributed by atoms with Crippen LogP contribution >= 0.6 is 12.6 Å². The normalized spacial score (nSPS) is 10.9. The Morgan fingerprint density at radius 2 is 1.86 bits per heavy atom. The van der Waals surface area contributed by atoms with E-state index in [0.717, 1.165) is 47.2 Å². The molecule has 0 aliphatic rings. The molecule has 0 aliphatic carbocycles. The third-order valence-electron chi connectivity index (χ3n) is 4.57. The number of aromatic nitrogens is 5. The molecule has 2 heterocycles. The second kappa shape index (κ2) is 8.31. The van der Waals surface area contributed by atoms with E-state index in [1.165, 1.54) is 11.9 Å². The van der Waals surface area contributed by atoms with Crippen LogP contribution in [-0.4, -0.2) is 37.3 Å². The van der Waals surface area contributed by atoms with Crippen LogP contribution in [0.3, 0.4) is 0 Å². The fourth-order valence-electron chi connectivity index (χ4n) is 3.17. The largest absolute Gasteiger partial charge is 0.323 e. The summed E-state index contributed by atoms with van der Waals surface area (Å²) in [6.07, 6.45) is 4.17. The van der Waals surface area contributed by atoms with Crippen molar-refractivity contribution in [3.63, 3.8) is 0 Å². The van der Waals surface area contributed by atoms with Crippen molar-refractivity contribution in [2.75, 3.05) is 17.2 Å². The molecule has 6 nitrogen and oxygen atoms in total. The maximum Gasteiger partial charge on any atom is 0.181 e. The van der Waals surface area contributed by atoms with E-state index in [-0.39, 0.29) is 0 Å². The van der Waals surface area contributed by atoms with Gasteiger partial charge in [0.15, 0.2) is 5.82 Å². The van der Waals surface area contributed by atoms with Gasteiger partial charge < -0.3 is 4.90 Å². The average molecular weight is 391 g/mol. The molecule has 4 rings (SSSR count). The third-order valence-corrected chi connectivity index (χ3v) is 4.89. The number of thiol groups is 1. The molecule has 142 valence electrons. The number of rotatable bonds is 7. The van der Waals surface area contributed by atoms with Crippen LogP contribution < -0.4 is 4.90 Å². The van der Waals surface area contributed by atoms with Crippen molar-refractivity contribution in [2.24, 2.45) is 0 Å². The fraction of sp³-hybridized carbons (Fsp3) is 0.190. The van der Waals surface area contributed by atoms with Crippen molar-refractivity contribution in [1.29, 1.82) is 0 Å². The van der Waals surface area contributed by atoms with Crippen LogP contribution in [0.5, 0.6) is 0 Å². The predicted molar refractivity (Wildman–Crippen MR) is 116 cm³/mol. The minimum Gasteiger partial charge on any atom is -0.323 e. The van der Waals surface area contributed by atoms with E-state index in [1.54, 1.807) is 11.0 Å². The van der Waals surface area contributed by atoms with Gasteiger partial charge in [0, 0.05) is 17.8 Å². The molecule has 28 heavy (non-hydrogen) atoms. The Kier molecular flexibility index (Phi) is 5.43. The van der Waals surface area contributed by atoms with Crippen molar-refractivity contribution in [3.8, 4) is 16.9 Å². The summed E-state index contributed by atoms with van der Waals surface area (Å²) in [5.74, 6) is 1.62. The summed E-state index contributed by atoms with van der Waals surface area (Å²) in [5.41, 5.74) is 5.13. The molecule has 0 spiro atoms. The summed E-state index contributed by atoms with van der Waals surface area (Å²) >= 11 is 4.40. The Morgan fingerprint density at radius 1 is 1.07 bits per heavy atom. The van der Waals surface area contributed by atoms with Crippen LogP contribution in [0, 0.1) is 6.92 Å². The predicted octanol–water partition coefficient (Wildman–Crippen LogP) is 4.42. The van der Waals surface area contributed by atoms with Gasteiger partial charge in [-0.2, -0.15) is 22.8 Å². The van der Waals surface area contributed by atoms with Crippen LogP contribution in [0.15, 0.2) is 67.3 Å². The van der Waals surface area contributed by atoms with Gasteiger partial charge in [0.2, 0.25) is 0 Å². The zero-order chi connectivity index (χ0) is 19.3. The molecule has 2 aromatic carbocycles. The number of hydrogen-bond donors (Lipinski definition) is 2. The summed E-state index contributed by atoms with van der Waals surface area (Å²) in [6, 6.07) is 18.6. The lowest BCUT2D eigenvalue weighted by molar-refractivity contribution is 0.845. The second-order valence-electron chi connectivity index (χ2n) is 6.54. The Labute approximate surface area is 169 Å². The zero-order valence-corrected chi connectivity index (χ0v) is 16.5. The highest BCUT2D eigenvalue weighted by Gasteiger charge is 2.23. The quantitative estimate of drug-likeness (QED) is 0.459. The molecule has 0 saturated heterocycles. The molecule has 0 aliphatic heterocycles. The number of aryl methyl sites for hydroxylation is 1. The molecular formula is C21H22N6S. The molecule has 0 saturated carbocycles. The first-order chi connectivity index (χ1) is 13.8. The smallest absolute Gasteiger partial charge is 0.181 e. The molecule has 0 fully saturated rings. The molecule has 2 aromatic heterocycles. The molecule has 0 bridgehead atoms. The van der Waals surface area contributed by atoms with E-state index >= 15 is 0 Å².